The fourth-order valence-electron chi connectivity index (χ4n) is 2.86. The first-order valence-electron chi connectivity index (χ1n) is 7.52. The van der Waals surface area contributed by atoms with Gasteiger partial charge in [-0.05, 0) is 56.4 Å². The van der Waals surface area contributed by atoms with Crippen LogP contribution < -0.4 is 10.6 Å². The van der Waals surface area contributed by atoms with Crippen molar-refractivity contribution in [2.45, 2.75) is 32.6 Å². The Morgan fingerprint density at radius 1 is 1.10 bits per heavy atom. The van der Waals surface area contributed by atoms with Gasteiger partial charge in [-0.25, -0.2) is 4.98 Å². The Labute approximate surface area is 130 Å². The lowest BCUT2D eigenvalue weighted by atomic mass is 9.98. The lowest BCUT2D eigenvalue weighted by Crippen LogP contribution is -2.19. The Bertz CT molecular complexity index is 472. The molecule has 0 saturated heterocycles. The summed E-state index contributed by atoms with van der Waals surface area (Å²) in [5, 5.41) is 7.77. The maximum absolute atomic E-state index is 6.24. The minimum atomic E-state index is 0.573. The van der Waals surface area contributed by atoms with Crippen LogP contribution in [0.3, 0.4) is 0 Å². The van der Waals surface area contributed by atoms with Gasteiger partial charge in [-0.3, -0.25) is 0 Å². The molecule has 2 aliphatic rings. The van der Waals surface area contributed by atoms with Crippen LogP contribution in [0, 0.1) is 17.8 Å². The second-order valence-corrected chi connectivity index (χ2v) is 6.71. The quantitative estimate of drug-likeness (QED) is 0.768. The normalized spacial score (nSPS) is 18.4. The molecule has 2 N–H and O–H groups in total. The van der Waals surface area contributed by atoms with Gasteiger partial charge in [0.1, 0.15) is 11.6 Å². The highest BCUT2D eigenvalue weighted by Gasteiger charge is 2.41. The third kappa shape index (κ3) is 3.32. The number of pyridine rings is 1. The molecule has 0 unspecified atom stereocenters. The zero-order valence-corrected chi connectivity index (χ0v) is 13.3. The number of aromatic nitrogens is 1. The molecule has 3 nitrogen and oxygen atoms in total. The predicted octanol–water partition coefficient (Wildman–Crippen LogP) is 4.67. The maximum atomic E-state index is 6.24. The number of halogens is 2. The van der Waals surface area contributed by atoms with Crippen LogP contribution in [0.1, 0.15) is 32.6 Å². The fourth-order valence-corrected chi connectivity index (χ4v) is 3.36. The molecule has 3 rings (SSSR count). The Balaban J connectivity index is 1.67. The minimum absolute atomic E-state index is 0.573. The average molecular weight is 314 g/mol. The van der Waals surface area contributed by atoms with Crippen LogP contribution in [0.15, 0.2) is 6.07 Å². The van der Waals surface area contributed by atoms with Crippen LogP contribution >= 0.6 is 23.2 Å². The van der Waals surface area contributed by atoms with Gasteiger partial charge >= 0.3 is 0 Å². The highest BCUT2D eigenvalue weighted by molar-refractivity contribution is 6.37. The monoisotopic (exact) mass is 313 g/mol. The van der Waals surface area contributed by atoms with E-state index >= 15 is 0 Å². The molecule has 0 aliphatic heterocycles. The summed E-state index contributed by atoms with van der Waals surface area (Å²) in [5.41, 5.74) is 0. The van der Waals surface area contributed by atoms with Crippen molar-refractivity contribution in [1.82, 2.24) is 4.98 Å². The summed E-state index contributed by atoms with van der Waals surface area (Å²) in [4.78, 5) is 4.51. The van der Waals surface area contributed by atoms with Crippen molar-refractivity contribution >= 4 is 34.8 Å². The van der Waals surface area contributed by atoms with Gasteiger partial charge in [0.25, 0.3) is 0 Å². The zero-order chi connectivity index (χ0) is 14.1. The largest absolute Gasteiger partial charge is 0.369 e. The molecule has 0 atom stereocenters. The summed E-state index contributed by atoms with van der Waals surface area (Å²) in [5.74, 6) is 4.10. The van der Waals surface area contributed by atoms with Gasteiger partial charge in [0.05, 0.1) is 10.0 Å². The van der Waals surface area contributed by atoms with E-state index < -0.39 is 0 Å². The molecule has 1 aromatic rings. The van der Waals surface area contributed by atoms with Crippen LogP contribution in [0.2, 0.25) is 10.0 Å². The molecule has 110 valence electrons. The lowest BCUT2D eigenvalue weighted by Gasteiger charge is -2.18. The summed E-state index contributed by atoms with van der Waals surface area (Å²) in [6.07, 6.45) is 5.58. The van der Waals surface area contributed by atoms with Gasteiger partial charge in [-0.15, -0.1) is 0 Å². The van der Waals surface area contributed by atoms with Crippen molar-refractivity contribution in [3.8, 4) is 0 Å². The van der Waals surface area contributed by atoms with Crippen molar-refractivity contribution in [2.75, 3.05) is 23.7 Å². The maximum Gasteiger partial charge on any atom is 0.147 e. The van der Waals surface area contributed by atoms with E-state index in [1.54, 1.807) is 6.07 Å². The Morgan fingerprint density at radius 3 is 2.15 bits per heavy atom. The van der Waals surface area contributed by atoms with Crippen molar-refractivity contribution in [1.29, 1.82) is 0 Å². The number of nitrogens with zero attached hydrogens (tertiary/aromatic N) is 1. The van der Waals surface area contributed by atoms with Gasteiger partial charge < -0.3 is 10.6 Å². The molecule has 2 saturated carbocycles. The molecular weight excluding hydrogens is 293 g/mol. The molecule has 0 aromatic carbocycles. The molecule has 2 aliphatic carbocycles. The smallest absolute Gasteiger partial charge is 0.147 e. The standard InChI is InChI=1S/C15H21Cl2N3/c1-2-18-14-12(16)7-13(17)15(20-14)19-8-11(9-3-4-9)10-5-6-10/h7,9-11H,2-6,8H2,1H3,(H2,18,19,20). The van der Waals surface area contributed by atoms with Gasteiger partial charge in [-0.2, -0.15) is 0 Å². The van der Waals surface area contributed by atoms with E-state index in [2.05, 4.69) is 15.6 Å². The van der Waals surface area contributed by atoms with E-state index in [9.17, 15) is 0 Å². The van der Waals surface area contributed by atoms with E-state index in [-0.39, 0.29) is 0 Å². The molecule has 1 aromatic heterocycles. The minimum Gasteiger partial charge on any atom is -0.369 e. The molecule has 0 amide bonds. The van der Waals surface area contributed by atoms with Crippen LogP contribution in [0.5, 0.6) is 0 Å². The second kappa shape index (κ2) is 5.98. The van der Waals surface area contributed by atoms with E-state index in [1.165, 1.54) is 25.7 Å². The van der Waals surface area contributed by atoms with E-state index in [1.807, 2.05) is 6.92 Å². The summed E-state index contributed by atoms with van der Waals surface area (Å²) in [6.45, 7) is 3.80. The predicted molar refractivity (Wildman–Crippen MR) is 85.8 cm³/mol. The van der Waals surface area contributed by atoms with E-state index in [4.69, 9.17) is 23.2 Å². The molecule has 20 heavy (non-hydrogen) atoms. The third-order valence-corrected chi connectivity index (χ3v) is 4.81. The Hall–Kier alpha value is -0.670. The van der Waals surface area contributed by atoms with Gasteiger partial charge in [0, 0.05) is 13.1 Å². The van der Waals surface area contributed by atoms with Gasteiger partial charge in [0.15, 0.2) is 0 Å². The second-order valence-electron chi connectivity index (χ2n) is 5.90. The number of hydrogen-bond acceptors (Lipinski definition) is 3. The average Bonchev–Trinajstić information content (AvgIpc) is 3.26. The lowest BCUT2D eigenvalue weighted by molar-refractivity contribution is 0.428. The SMILES string of the molecule is CCNc1nc(NCC(C2CC2)C2CC2)c(Cl)cc1Cl. The summed E-state index contributed by atoms with van der Waals surface area (Å²) < 4.78 is 0. The van der Waals surface area contributed by atoms with Gasteiger partial charge in [-0.1, -0.05) is 23.2 Å². The molecule has 2 fully saturated rings. The Kier molecular flexibility index (Phi) is 4.27. The van der Waals surface area contributed by atoms with Gasteiger partial charge in [0.2, 0.25) is 0 Å². The number of rotatable bonds is 7. The molecule has 0 spiro atoms. The van der Waals surface area contributed by atoms with Crippen LogP contribution in [0.4, 0.5) is 11.6 Å². The van der Waals surface area contributed by atoms with E-state index in [0.29, 0.717) is 15.9 Å². The third-order valence-electron chi connectivity index (χ3n) is 4.23. The molecular formula is C15H21Cl2N3. The number of hydrogen-bond donors (Lipinski definition) is 2. The summed E-state index contributed by atoms with van der Waals surface area (Å²) >= 11 is 12.4. The molecule has 0 bridgehead atoms. The van der Waals surface area contributed by atoms with E-state index in [0.717, 1.165) is 36.7 Å². The highest BCUT2D eigenvalue weighted by Crippen LogP contribution is 2.49. The topological polar surface area (TPSA) is 37.0 Å². The zero-order valence-electron chi connectivity index (χ0n) is 11.8. The first-order chi connectivity index (χ1) is 9.69. The van der Waals surface area contributed by atoms with Crippen LogP contribution in [0.25, 0.3) is 0 Å². The summed E-state index contributed by atoms with van der Waals surface area (Å²) in [7, 11) is 0. The highest BCUT2D eigenvalue weighted by atomic mass is 35.5. The van der Waals surface area contributed by atoms with Crippen molar-refractivity contribution in [3.05, 3.63) is 16.1 Å². The van der Waals surface area contributed by atoms with Crippen LogP contribution in [-0.4, -0.2) is 18.1 Å². The number of anilines is 2. The molecule has 5 heteroatoms. The molecule has 0 radical (unpaired) electrons. The first-order valence-corrected chi connectivity index (χ1v) is 8.28. The number of nitrogens with one attached hydrogen (secondary N) is 2. The Morgan fingerprint density at radius 2 is 1.65 bits per heavy atom. The molecule has 1 heterocycles. The van der Waals surface area contributed by atoms with Crippen molar-refractivity contribution in [3.63, 3.8) is 0 Å². The van der Waals surface area contributed by atoms with Crippen LogP contribution in [-0.2, 0) is 0 Å². The fraction of sp³-hybridized carbons (Fsp3) is 0.667. The summed E-state index contributed by atoms with van der Waals surface area (Å²) in [6, 6.07) is 1.76. The van der Waals surface area contributed by atoms with Crippen molar-refractivity contribution < 1.29 is 0 Å². The first kappa shape index (κ1) is 14.3. The van der Waals surface area contributed by atoms with Crippen molar-refractivity contribution in [2.24, 2.45) is 17.8 Å².